The van der Waals surface area contributed by atoms with Gasteiger partial charge in [-0.15, -0.1) is 0 Å². The van der Waals surface area contributed by atoms with Crippen LogP contribution in [0.4, 0.5) is 14.4 Å². The Kier molecular flexibility index (Phi) is 37.1. The molecule has 11 aliphatic rings. The summed E-state index contributed by atoms with van der Waals surface area (Å²) in [5, 5.41) is 44.5. The van der Waals surface area contributed by atoms with Crippen molar-refractivity contribution in [2.75, 3.05) is 85.8 Å². The smallest absolute Gasteiger partial charge is 0.407 e. The third kappa shape index (κ3) is 32.6. The van der Waals surface area contributed by atoms with Crippen LogP contribution in [0.2, 0.25) is 0 Å². The van der Waals surface area contributed by atoms with Crippen LogP contribution in [0.1, 0.15) is 246 Å². The van der Waals surface area contributed by atoms with Crippen molar-refractivity contribution in [2.24, 2.45) is 70.1 Å². The molecular formula is C93H143N7O28. The van der Waals surface area contributed by atoms with Crippen LogP contribution in [0.25, 0.3) is 0 Å². The molecule has 0 aromatic carbocycles. The Morgan fingerprint density at radius 2 is 0.805 bits per heavy atom. The number of esters is 5. The summed E-state index contributed by atoms with van der Waals surface area (Å²) in [5.41, 5.74) is -0.549. The monoisotopic (exact) mass is 1810 g/mol. The quantitative estimate of drug-likeness (QED) is 0.00848. The minimum atomic E-state index is -0.688. The van der Waals surface area contributed by atoms with E-state index in [4.69, 9.17) is 96.5 Å². The molecule has 10 unspecified atom stereocenters. The molecule has 6 saturated heterocycles. The number of nitrogens with one attached hydrogen (secondary N) is 3. The third-order valence-corrected chi connectivity index (χ3v) is 26.2. The van der Waals surface area contributed by atoms with Gasteiger partial charge in [-0.25, -0.2) is 43.5 Å². The lowest BCUT2D eigenvalue weighted by Gasteiger charge is -2.46. The highest BCUT2D eigenvalue weighted by Crippen LogP contribution is 2.54. The second-order valence-corrected chi connectivity index (χ2v) is 43.4. The lowest BCUT2D eigenvalue weighted by atomic mass is 9.59. The number of aliphatic hydroxyl groups excluding tert-OH is 2. The zero-order valence-electron chi connectivity index (χ0n) is 78.4. The SMILES string of the molecule is C=C(C)C(=O)OCCOC(=O)CC1CC(C)(C)CC(C)(CCC(=O)O[C@H]2CO[C@H]3[C@@H]2OC[C@H]3OC(=O)NCC2(C)CC(NC(=O)OCCOC(=O)C(=C)C)CC(C)(C)C2)C1.CC1(C)CC(N=C=O)CC(C)(CCC(=O)O[C@H]2CO[C@H]3[C@@H]2OC[C@H]3OC(=O)NCC2(C)CC(OC#N)CC(C)(C)C2)C1.CC1(C)CC(N=C=O)CC(C)(COC#N)C1.O[C@@H]1CO[C@H]2[C@@H]1OC[C@@H]2O. The van der Waals surface area contributed by atoms with Crippen LogP contribution in [0.3, 0.4) is 0 Å². The minimum Gasteiger partial charge on any atom is -0.462 e. The number of alkyl carbamates (subject to hydrolysis) is 3. The summed E-state index contributed by atoms with van der Waals surface area (Å²) in [7, 11) is 0. The minimum absolute atomic E-state index is 0.00791. The van der Waals surface area contributed by atoms with Crippen molar-refractivity contribution in [3.05, 3.63) is 24.3 Å². The highest BCUT2D eigenvalue weighted by molar-refractivity contribution is 5.87. The number of aliphatic imine (C=N–C) groups is 2. The maximum absolute atomic E-state index is 13.2. The molecule has 6 aliphatic heterocycles. The third-order valence-electron chi connectivity index (χ3n) is 26.2. The van der Waals surface area contributed by atoms with Gasteiger partial charge < -0.3 is 102 Å². The lowest BCUT2D eigenvalue weighted by Crippen LogP contribution is -2.51. The first kappa shape index (κ1) is 105. The summed E-state index contributed by atoms with van der Waals surface area (Å²) in [5.74, 6) is -2.03. The van der Waals surface area contributed by atoms with E-state index in [0.29, 0.717) is 51.8 Å². The molecule has 0 spiro atoms. The van der Waals surface area contributed by atoms with Crippen LogP contribution in [0.15, 0.2) is 34.3 Å². The predicted octanol–water partition coefficient (Wildman–Crippen LogP) is 11.4. The highest BCUT2D eigenvalue weighted by atomic mass is 16.7. The number of aliphatic hydroxyl groups is 2. The van der Waals surface area contributed by atoms with E-state index >= 15 is 0 Å². The van der Waals surface area contributed by atoms with Gasteiger partial charge in [-0.1, -0.05) is 117 Å². The number of carbonyl (C=O) groups excluding carboxylic acids is 10. The molecular weight excluding hydrogens is 1660 g/mol. The van der Waals surface area contributed by atoms with E-state index in [1.54, 1.807) is 25.3 Å². The van der Waals surface area contributed by atoms with Crippen LogP contribution in [0, 0.1) is 83.1 Å². The molecule has 0 radical (unpaired) electrons. The summed E-state index contributed by atoms with van der Waals surface area (Å²) < 4.78 is 87.5. The number of ether oxygens (including phenoxy) is 16. The van der Waals surface area contributed by atoms with Gasteiger partial charge >= 0.3 is 48.1 Å². The molecule has 35 heteroatoms. The fourth-order valence-corrected chi connectivity index (χ4v) is 23.1. The first-order valence-corrected chi connectivity index (χ1v) is 45.1. The molecule has 128 heavy (non-hydrogen) atoms. The number of hydrogen-bond donors (Lipinski definition) is 5. The Balaban J connectivity index is 0.000000253. The summed E-state index contributed by atoms with van der Waals surface area (Å²) in [6.07, 6.45) is 12.5. The fraction of sp³-hybridized carbons (Fsp3) is 0.828. The standard InChI is InChI=1S/C44H68N2O14.C31H47N3O8.C12H18N2O2.C6H10O4/c1-27(2)37(49)54-14-13-53-34(48)17-29-18-41(5,6)24-43(9,19-29)12-11-33(47)59-31-22-57-36-32(23-58-35(31)36)60-39(51)45-26-44(10)21-30(20-42(7,8)25-44)46-40(52)56-16-15-55-38(50)28(3)4;1-28(2)9-20(34-19-35)10-30(5,15-28)8-7-24(36)41-22-13-38-26-23(14-39-25(22)26)42-27(37)33-17-31(6)12-21(40-18-32)11-29(3,4)16-31;1-11(2)4-10(14-9-15)5-12(3,6-11)7-16-8-13;7-3-1-9-6-4(8)2-10-5(3)6/h29-32,35-36H,1,3,11-26H2,2,4-10H3,(H,45,51)(H,46,52);20-23,25-26H,7-17H2,1-6H3,(H,33,37);10H,4-7H2,1-3H3;3-8H,1-2H2/t29?,30?,31-,32+,35+,36+,43?,44?;20?,21?,22-,23+,25+,26+,30?,31?;;3-,4+,5-,6-/m00.1/s1. The molecule has 5 aliphatic carbocycles. The van der Waals surface area contributed by atoms with Gasteiger partial charge in [0.1, 0.15) is 88.0 Å². The Bertz CT molecular complexity index is 3900. The van der Waals surface area contributed by atoms with Crippen molar-refractivity contribution < 1.29 is 134 Å². The van der Waals surface area contributed by atoms with Crippen molar-refractivity contribution in [2.45, 2.75) is 344 Å². The number of nitrogens with zero attached hydrogens (tertiary/aromatic N) is 4. The van der Waals surface area contributed by atoms with Gasteiger partial charge in [0.15, 0.2) is 24.4 Å². The molecule has 0 bridgehead atoms. The largest absolute Gasteiger partial charge is 0.462 e. The number of rotatable bonds is 30. The molecule has 0 aromatic rings. The summed E-state index contributed by atoms with van der Waals surface area (Å²) in [6, 6.07) is -0.279. The van der Waals surface area contributed by atoms with E-state index < -0.39 is 91.3 Å². The Hall–Kier alpha value is -8.34. The normalized spacial score (nSPS) is 34.9. The van der Waals surface area contributed by atoms with Crippen LogP contribution >= 0.6 is 0 Å². The van der Waals surface area contributed by atoms with Crippen molar-refractivity contribution in [1.29, 1.82) is 10.5 Å². The number of hydrogen-bond acceptors (Lipinski definition) is 32. The average molecular weight is 1810 g/mol. The van der Waals surface area contributed by atoms with Crippen LogP contribution in [-0.4, -0.2) is 254 Å². The van der Waals surface area contributed by atoms with E-state index in [1.807, 2.05) is 6.26 Å². The van der Waals surface area contributed by atoms with E-state index in [-0.39, 0.29) is 211 Å². The van der Waals surface area contributed by atoms with Gasteiger partial charge in [-0.05, 0) is 178 Å². The van der Waals surface area contributed by atoms with E-state index in [1.165, 1.54) is 6.92 Å². The van der Waals surface area contributed by atoms with E-state index in [2.05, 4.69) is 143 Å². The molecule has 5 saturated carbocycles. The predicted molar refractivity (Wildman–Crippen MR) is 459 cm³/mol. The van der Waals surface area contributed by atoms with Crippen LogP contribution < -0.4 is 16.0 Å². The molecule has 5 N–H and O–H groups in total. The zero-order chi connectivity index (χ0) is 94.6. The van der Waals surface area contributed by atoms with Gasteiger partial charge in [0, 0.05) is 55.0 Å². The molecule has 22 atom stereocenters. The number of amides is 3. The van der Waals surface area contributed by atoms with Crippen molar-refractivity contribution in [3.63, 3.8) is 0 Å². The maximum Gasteiger partial charge on any atom is 0.407 e. The Morgan fingerprint density at radius 1 is 0.422 bits per heavy atom. The van der Waals surface area contributed by atoms with Gasteiger partial charge in [-0.3, -0.25) is 14.4 Å². The Morgan fingerprint density at radius 3 is 1.25 bits per heavy atom. The van der Waals surface area contributed by atoms with E-state index in [0.717, 1.165) is 77.0 Å². The number of isocyanates is 2. The summed E-state index contributed by atoms with van der Waals surface area (Å²) in [6.45, 7) is 44.2. The topological polar surface area (TPSA) is 467 Å². The summed E-state index contributed by atoms with van der Waals surface area (Å²) >= 11 is 0. The molecule has 11 rings (SSSR count). The van der Waals surface area contributed by atoms with Crippen molar-refractivity contribution in [1.82, 2.24) is 16.0 Å². The number of carbonyl (C=O) groups is 8. The van der Waals surface area contributed by atoms with Gasteiger partial charge in [0.25, 0.3) is 12.5 Å². The van der Waals surface area contributed by atoms with Crippen molar-refractivity contribution in [3.8, 4) is 12.5 Å². The first-order valence-electron chi connectivity index (χ1n) is 45.1. The average Bonchev–Trinajstić information content (AvgIpc) is 1.66. The second kappa shape index (κ2) is 45.2. The van der Waals surface area contributed by atoms with Crippen molar-refractivity contribution >= 4 is 60.3 Å². The van der Waals surface area contributed by atoms with Crippen LogP contribution in [0.5, 0.6) is 0 Å². The lowest BCUT2D eigenvalue weighted by molar-refractivity contribution is -0.155. The summed E-state index contributed by atoms with van der Waals surface area (Å²) in [4.78, 5) is 129. The van der Waals surface area contributed by atoms with Gasteiger partial charge in [0.2, 0.25) is 12.2 Å². The number of nitriles is 2. The maximum atomic E-state index is 13.2. The molecule has 6 heterocycles. The van der Waals surface area contributed by atoms with Crippen LogP contribution in [-0.2, 0) is 109 Å². The molecule has 718 valence electrons. The Labute approximate surface area is 753 Å². The molecule has 3 amide bonds. The number of fused-ring (bicyclic) bond motifs is 3. The fourth-order valence-electron chi connectivity index (χ4n) is 23.1. The van der Waals surface area contributed by atoms with Gasteiger partial charge in [0.05, 0.1) is 51.7 Å². The van der Waals surface area contributed by atoms with Gasteiger partial charge in [-0.2, -0.15) is 10.5 Å². The second-order valence-electron chi connectivity index (χ2n) is 43.4. The van der Waals surface area contributed by atoms with E-state index in [9.17, 15) is 47.9 Å². The molecule has 11 fully saturated rings. The first-order chi connectivity index (χ1) is 59.8. The molecule has 35 nitrogen and oxygen atoms in total. The molecule has 0 aromatic heterocycles. The zero-order valence-corrected chi connectivity index (χ0v) is 78.4. The highest BCUT2D eigenvalue weighted by Gasteiger charge is 2.55.